The van der Waals surface area contributed by atoms with Gasteiger partial charge in [-0.1, -0.05) is 0 Å². The van der Waals surface area contributed by atoms with E-state index in [0.717, 1.165) is 12.1 Å². The molecule has 0 bridgehead atoms. The number of benzene rings is 1. The molecule has 0 heterocycles. The number of hydrogen-bond acceptors (Lipinski definition) is 4. The van der Waals surface area contributed by atoms with Crippen LogP contribution in [0.2, 0.25) is 0 Å². The topological polar surface area (TPSA) is 90.5 Å². The molecule has 0 saturated heterocycles. The van der Waals surface area contributed by atoms with Crippen molar-refractivity contribution >= 4 is 17.7 Å². The Kier molecular flexibility index (Phi) is 4.78. The Morgan fingerprint density at radius 2 is 1.80 bits per heavy atom. The number of hydrogen-bond donors (Lipinski definition) is 2. The van der Waals surface area contributed by atoms with Gasteiger partial charge in [-0.05, 0) is 31.2 Å². The van der Waals surface area contributed by atoms with Crippen LogP contribution in [0.3, 0.4) is 0 Å². The Balaban J connectivity index is 2.57. The van der Waals surface area contributed by atoms with Gasteiger partial charge in [-0.3, -0.25) is 0 Å². The summed E-state index contributed by atoms with van der Waals surface area (Å²) in [6.45, 7) is 1.20. The van der Waals surface area contributed by atoms with Crippen LogP contribution in [0.4, 0.5) is 23.7 Å². The normalized spacial score (nSPS) is 12.4. The number of aliphatic carboxylic acids is 1. The van der Waals surface area contributed by atoms with Gasteiger partial charge in [-0.25, -0.2) is 4.79 Å². The summed E-state index contributed by atoms with van der Waals surface area (Å²) in [5, 5.41) is 14.7. The van der Waals surface area contributed by atoms with Gasteiger partial charge < -0.3 is 25.3 Å². The minimum Gasteiger partial charge on any atom is -0.548 e. The number of ether oxygens (including phenoxy) is 1. The SMILES string of the molecule is C[C@H](NC(=O)Nc1ccc(OC(F)(F)F)cc1)C(=O)[O-]. The van der Waals surface area contributed by atoms with Crippen molar-refractivity contribution in [3.8, 4) is 5.75 Å². The highest BCUT2D eigenvalue weighted by molar-refractivity contribution is 5.91. The zero-order valence-electron chi connectivity index (χ0n) is 10.2. The number of urea groups is 1. The van der Waals surface area contributed by atoms with Crippen molar-refractivity contribution in [2.45, 2.75) is 19.3 Å². The summed E-state index contributed by atoms with van der Waals surface area (Å²) in [5.74, 6) is -1.90. The lowest BCUT2D eigenvalue weighted by atomic mass is 10.3. The van der Waals surface area contributed by atoms with Crippen LogP contribution in [-0.2, 0) is 4.79 Å². The van der Waals surface area contributed by atoms with E-state index >= 15 is 0 Å². The maximum atomic E-state index is 11.9. The molecule has 0 aromatic heterocycles. The van der Waals surface area contributed by atoms with Crippen molar-refractivity contribution in [1.82, 2.24) is 5.32 Å². The summed E-state index contributed by atoms with van der Waals surface area (Å²) < 4.78 is 39.4. The van der Waals surface area contributed by atoms with E-state index < -0.39 is 30.2 Å². The molecule has 2 amide bonds. The molecule has 2 N–H and O–H groups in total. The van der Waals surface area contributed by atoms with Gasteiger partial charge >= 0.3 is 12.4 Å². The van der Waals surface area contributed by atoms with E-state index in [-0.39, 0.29) is 5.69 Å². The highest BCUT2D eigenvalue weighted by Crippen LogP contribution is 2.23. The zero-order chi connectivity index (χ0) is 15.3. The second-order valence-electron chi connectivity index (χ2n) is 3.71. The average Bonchev–Trinajstić information content (AvgIpc) is 2.29. The van der Waals surface area contributed by atoms with Crippen molar-refractivity contribution in [2.75, 3.05) is 5.32 Å². The molecule has 110 valence electrons. The molecule has 0 saturated carbocycles. The monoisotopic (exact) mass is 291 g/mol. The van der Waals surface area contributed by atoms with Crippen LogP contribution in [-0.4, -0.2) is 24.4 Å². The molecular formula is C11H10F3N2O4-. The molecule has 1 rings (SSSR count). The quantitative estimate of drug-likeness (QED) is 0.860. The van der Waals surface area contributed by atoms with Gasteiger partial charge in [0.25, 0.3) is 0 Å². The fourth-order valence-corrected chi connectivity index (χ4v) is 1.16. The number of anilines is 1. The number of rotatable bonds is 4. The minimum absolute atomic E-state index is 0.169. The van der Waals surface area contributed by atoms with Crippen LogP contribution in [0, 0.1) is 0 Å². The maximum absolute atomic E-state index is 11.9. The highest BCUT2D eigenvalue weighted by Gasteiger charge is 2.30. The molecule has 1 atom stereocenters. The largest absolute Gasteiger partial charge is 0.573 e. The number of alkyl halides is 3. The van der Waals surface area contributed by atoms with Crippen LogP contribution in [0.5, 0.6) is 5.75 Å². The molecule has 0 unspecified atom stereocenters. The molecule has 0 aliphatic carbocycles. The predicted octanol–water partition coefficient (Wildman–Crippen LogP) is 0.845. The van der Waals surface area contributed by atoms with E-state index in [2.05, 4.69) is 15.4 Å². The van der Waals surface area contributed by atoms with E-state index in [4.69, 9.17) is 0 Å². The van der Waals surface area contributed by atoms with Crippen molar-refractivity contribution in [3.05, 3.63) is 24.3 Å². The third-order valence-corrected chi connectivity index (χ3v) is 2.05. The Bertz CT molecular complexity index is 487. The second kappa shape index (κ2) is 6.13. The molecular weight excluding hydrogens is 281 g/mol. The standard InChI is InChI=1S/C11H11F3N2O4/c1-6(9(17)18)15-10(19)16-7-2-4-8(5-3-7)20-11(12,13)14/h2-6H,1H3,(H,17,18)(H2,15,16,19)/p-1/t6-/m0/s1. The lowest BCUT2D eigenvalue weighted by Crippen LogP contribution is -2.47. The van der Waals surface area contributed by atoms with E-state index in [1.165, 1.54) is 19.1 Å². The Labute approximate surface area is 111 Å². The Morgan fingerprint density at radius 3 is 2.25 bits per heavy atom. The lowest BCUT2D eigenvalue weighted by Gasteiger charge is -2.15. The summed E-state index contributed by atoms with van der Waals surface area (Å²) in [6, 6.07) is 2.32. The summed E-state index contributed by atoms with van der Waals surface area (Å²) in [4.78, 5) is 21.7. The van der Waals surface area contributed by atoms with Crippen LogP contribution in [0.1, 0.15) is 6.92 Å². The first-order valence-electron chi connectivity index (χ1n) is 5.31. The van der Waals surface area contributed by atoms with Gasteiger partial charge in [0, 0.05) is 5.69 Å². The first-order valence-corrected chi connectivity index (χ1v) is 5.31. The Morgan fingerprint density at radius 1 is 1.25 bits per heavy atom. The molecule has 0 aliphatic rings. The van der Waals surface area contributed by atoms with Crippen LogP contribution >= 0.6 is 0 Å². The third kappa shape index (κ3) is 5.46. The van der Waals surface area contributed by atoms with Gasteiger partial charge in [-0.15, -0.1) is 13.2 Å². The van der Waals surface area contributed by atoms with Gasteiger partial charge in [0.1, 0.15) is 5.75 Å². The number of carboxylic acid groups (broad SMARTS) is 1. The molecule has 0 aliphatic heterocycles. The maximum Gasteiger partial charge on any atom is 0.573 e. The lowest BCUT2D eigenvalue weighted by molar-refractivity contribution is -0.307. The third-order valence-electron chi connectivity index (χ3n) is 2.05. The second-order valence-corrected chi connectivity index (χ2v) is 3.71. The number of carbonyl (C=O) groups is 2. The fraction of sp³-hybridized carbons (Fsp3) is 0.273. The van der Waals surface area contributed by atoms with Gasteiger partial charge in [0.15, 0.2) is 0 Å². The van der Waals surface area contributed by atoms with Gasteiger partial charge in [-0.2, -0.15) is 0 Å². The van der Waals surface area contributed by atoms with Crippen LogP contribution < -0.4 is 20.5 Å². The van der Waals surface area contributed by atoms with E-state index in [1.807, 2.05) is 0 Å². The first kappa shape index (κ1) is 15.6. The number of nitrogens with one attached hydrogen (secondary N) is 2. The number of halogens is 3. The van der Waals surface area contributed by atoms with Crippen molar-refractivity contribution in [1.29, 1.82) is 0 Å². The predicted molar refractivity (Wildman–Crippen MR) is 59.7 cm³/mol. The molecule has 1 aromatic carbocycles. The van der Waals surface area contributed by atoms with E-state index in [1.54, 1.807) is 0 Å². The molecule has 1 aromatic rings. The number of amides is 2. The Hall–Kier alpha value is -2.45. The summed E-state index contributed by atoms with van der Waals surface area (Å²) in [7, 11) is 0. The van der Waals surface area contributed by atoms with Gasteiger partial charge in [0.2, 0.25) is 0 Å². The highest BCUT2D eigenvalue weighted by atomic mass is 19.4. The molecule has 0 spiro atoms. The van der Waals surface area contributed by atoms with Gasteiger partial charge in [0.05, 0.1) is 12.0 Å². The molecule has 9 heteroatoms. The summed E-state index contributed by atoms with van der Waals surface area (Å²) >= 11 is 0. The molecule has 6 nitrogen and oxygen atoms in total. The van der Waals surface area contributed by atoms with Crippen molar-refractivity contribution < 1.29 is 32.6 Å². The fourth-order valence-electron chi connectivity index (χ4n) is 1.16. The molecule has 0 fully saturated rings. The number of carboxylic acids is 1. The summed E-state index contributed by atoms with van der Waals surface area (Å²) in [6.07, 6.45) is -4.80. The van der Waals surface area contributed by atoms with Crippen molar-refractivity contribution in [3.63, 3.8) is 0 Å². The smallest absolute Gasteiger partial charge is 0.548 e. The van der Waals surface area contributed by atoms with E-state index in [0.29, 0.717) is 0 Å². The molecule has 0 radical (unpaired) electrons. The molecule has 20 heavy (non-hydrogen) atoms. The first-order chi connectivity index (χ1) is 9.17. The average molecular weight is 291 g/mol. The van der Waals surface area contributed by atoms with Crippen molar-refractivity contribution in [2.24, 2.45) is 0 Å². The van der Waals surface area contributed by atoms with E-state index in [9.17, 15) is 27.9 Å². The minimum atomic E-state index is -4.80. The zero-order valence-corrected chi connectivity index (χ0v) is 10.2. The number of carbonyl (C=O) groups excluding carboxylic acids is 2. The summed E-state index contributed by atoms with van der Waals surface area (Å²) in [5.41, 5.74) is 0.169. The van der Waals surface area contributed by atoms with Crippen LogP contribution in [0.15, 0.2) is 24.3 Å². The van der Waals surface area contributed by atoms with Crippen LogP contribution in [0.25, 0.3) is 0 Å².